The summed E-state index contributed by atoms with van der Waals surface area (Å²) < 4.78 is 0. The van der Waals surface area contributed by atoms with E-state index in [1.165, 1.54) is 0 Å². The van der Waals surface area contributed by atoms with Crippen molar-refractivity contribution < 1.29 is 5.11 Å². The minimum atomic E-state index is -0.0171. The van der Waals surface area contributed by atoms with E-state index in [0.29, 0.717) is 11.7 Å². The standard InChI is InChI=1S/C13H22N4O/c1-10-6-11(9-18)15-13(14-10)7-12-8-16(2)4-5-17(12)3/h6,12,18H,4-5,7-9H2,1-3H3. The summed E-state index contributed by atoms with van der Waals surface area (Å²) >= 11 is 0. The van der Waals surface area contributed by atoms with Gasteiger partial charge in [-0.1, -0.05) is 0 Å². The number of hydrogen-bond donors (Lipinski definition) is 1. The topological polar surface area (TPSA) is 52.5 Å². The van der Waals surface area contributed by atoms with Gasteiger partial charge in [-0.15, -0.1) is 0 Å². The smallest absolute Gasteiger partial charge is 0.130 e. The first-order valence-electron chi connectivity index (χ1n) is 6.41. The summed E-state index contributed by atoms with van der Waals surface area (Å²) in [6.07, 6.45) is 0.843. The van der Waals surface area contributed by atoms with Gasteiger partial charge in [-0.25, -0.2) is 9.97 Å². The predicted molar refractivity (Wildman–Crippen MR) is 70.3 cm³/mol. The van der Waals surface area contributed by atoms with Crippen LogP contribution in [0.2, 0.25) is 0 Å². The number of aromatic nitrogens is 2. The molecule has 1 N–H and O–H groups in total. The van der Waals surface area contributed by atoms with E-state index in [2.05, 4.69) is 33.9 Å². The Morgan fingerprint density at radius 1 is 1.33 bits per heavy atom. The third kappa shape index (κ3) is 3.25. The Morgan fingerprint density at radius 2 is 2.11 bits per heavy atom. The Hall–Kier alpha value is -1.04. The highest BCUT2D eigenvalue weighted by Gasteiger charge is 2.23. The molecule has 1 aromatic rings. The molecule has 0 bridgehead atoms. The quantitative estimate of drug-likeness (QED) is 0.822. The summed E-state index contributed by atoms with van der Waals surface area (Å²) in [7, 11) is 4.30. The normalized spacial score (nSPS) is 22.3. The van der Waals surface area contributed by atoms with Gasteiger partial charge in [0, 0.05) is 37.8 Å². The lowest BCUT2D eigenvalue weighted by atomic mass is 10.1. The van der Waals surface area contributed by atoms with Gasteiger partial charge in [0.05, 0.1) is 12.3 Å². The van der Waals surface area contributed by atoms with E-state index < -0.39 is 0 Å². The molecule has 0 aliphatic carbocycles. The van der Waals surface area contributed by atoms with Crippen molar-refractivity contribution in [1.29, 1.82) is 0 Å². The maximum atomic E-state index is 9.18. The summed E-state index contributed by atoms with van der Waals surface area (Å²) in [5.74, 6) is 0.839. The summed E-state index contributed by atoms with van der Waals surface area (Å²) in [5.41, 5.74) is 1.64. The van der Waals surface area contributed by atoms with Gasteiger partial charge in [0.15, 0.2) is 0 Å². The van der Waals surface area contributed by atoms with Gasteiger partial charge in [-0.05, 0) is 27.1 Å². The van der Waals surface area contributed by atoms with Gasteiger partial charge in [-0.2, -0.15) is 0 Å². The largest absolute Gasteiger partial charge is 0.390 e. The molecule has 1 aromatic heterocycles. The summed E-state index contributed by atoms with van der Waals surface area (Å²) in [6, 6.07) is 2.29. The highest BCUT2D eigenvalue weighted by molar-refractivity contribution is 5.10. The third-order valence-corrected chi connectivity index (χ3v) is 3.51. The van der Waals surface area contributed by atoms with Crippen molar-refractivity contribution in [3.63, 3.8) is 0 Å². The molecule has 5 heteroatoms. The van der Waals surface area contributed by atoms with Gasteiger partial charge in [0.2, 0.25) is 0 Å². The lowest BCUT2D eigenvalue weighted by Gasteiger charge is -2.37. The van der Waals surface area contributed by atoms with Crippen LogP contribution in [-0.4, -0.2) is 64.6 Å². The second-order valence-corrected chi connectivity index (χ2v) is 5.18. The molecule has 2 heterocycles. The highest BCUT2D eigenvalue weighted by atomic mass is 16.3. The SMILES string of the molecule is Cc1cc(CO)nc(CC2CN(C)CCN2C)n1. The fourth-order valence-electron chi connectivity index (χ4n) is 2.40. The van der Waals surface area contributed by atoms with Gasteiger partial charge >= 0.3 is 0 Å². The van der Waals surface area contributed by atoms with Crippen molar-refractivity contribution in [2.24, 2.45) is 0 Å². The van der Waals surface area contributed by atoms with Gasteiger partial charge < -0.3 is 14.9 Å². The van der Waals surface area contributed by atoms with Crippen LogP contribution in [0.4, 0.5) is 0 Å². The maximum Gasteiger partial charge on any atom is 0.130 e. The van der Waals surface area contributed by atoms with Crippen LogP contribution in [0.15, 0.2) is 6.07 Å². The molecule has 2 rings (SSSR count). The van der Waals surface area contributed by atoms with Crippen LogP contribution in [0.1, 0.15) is 17.2 Å². The highest BCUT2D eigenvalue weighted by Crippen LogP contribution is 2.11. The van der Waals surface area contributed by atoms with E-state index in [-0.39, 0.29) is 6.61 Å². The molecule has 1 saturated heterocycles. The van der Waals surface area contributed by atoms with Gasteiger partial charge in [-0.3, -0.25) is 0 Å². The van der Waals surface area contributed by atoms with Gasteiger partial charge in [0.25, 0.3) is 0 Å². The summed E-state index contributed by atoms with van der Waals surface area (Å²) in [4.78, 5) is 13.6. The number of aliphatic hydroxyl groups excluding tert-OH is 1. The zero-order chi connectivity index (χ0) is 13.1. The van der Waals surface area contributed by atoms with Crippen LogP contribution >= 0.6 is 0 Å². The van der Waals surface area contributed by atoms with Crippen LogP contribution in [0, 0.1) is 6.92 Å². The number of likely N-dealkylation sites (N-methyl/N-ethyl adjacent to an activating group) is 2. The first-order chi connectivity index (χ1) is 8.58. The van der Waals surface area contributed by atoms with Crippen molar-refractivity contribution in [2.45, 2.75) is 26.0 Å². The number of aryl methyl sites for hydroxylation is 1. The summed E-state index contributed by atoms with van der Waals surface area (Å²) in [6.45, 7) is 5.17. The molecule has 1 unspecified atom stereocenters. The van der Waals surface area contributed by atoms with Crippen LogP contribution in [0.5, 0.6) is 0 Å². The Kier molecular flexibility index (Phi) is 4.27. The van der Waals surface area contributed by atoms with Crippen molar-refractivity contribution in [1.82, 2.24) is 19.8 Å². The molecule has 18 heavy (non-hydrogen) atoms. The van der Waals surface area contributed by atoms with Crippen LogP contribution in [0.3, 0.4) is 0 Å². The van der Waals surface area contributed by atoms with E-state index in [0.717, 1.165) is 37.6 Å². The molecule has 1 aliphatic heterocycles. The molecule has 0 spiro atoms. The number of piperazine rings is 1. The Bertz CT molecular complexity index is 410. The lowest BCUT2D eigenvalue weighted by Crippen LogP contribution is -2.51. The molecule has 100 valence electrons. The third-order valence-electron chi connectivity index (χ3n) is 3.51. The Labute approximate surface area is 108 Å². The zero-order valence-electron chi connectivity index (χ0n) is 11.4. The molecule has 5 nitrogen and oxygen atoms in total. The number of rotatable bonds is 3. The Balaban J connectivity index is 2.10. The van der Waals surface area contributed by atoms with E-state index in [9.17, 15) is 5.11 Å². The number of aliphatic hydroxyl groups is 1. The van der Waals surface area contributed by atoms with E-state index in [1.54, 1.807) is 0 Å². The van der Waals surface area contributed by atoms with Crippen molar-refractivity contribution >= 4 is 0 Å². The van der Waals surface area contributed by atoms with Crippen molar-refractivity contribution in [3.05, 3.63) is 23.3 Å². The molecular formula is C13H22N4O. The molecule has 0 radical (unpaired) electrons. The molecule has 1 aliphatic rings. The first kappa shape index (κ1) is 13.4. The molecular weight excluding hydrogens is 228 g/mol. The van der Waals surface area contributed by atoms with Crippen LogP contribution in [0.25, 0.3) is 0 Å². The lowest BCUT2D eigenvalue weighted by molar-refractivity contribution is 0.113. The van der Waals surface area contributed by atoms with E-state index >= 15 is 0 Å². The second kappa shape index (κ2) is 5.73. The summed E-state index contributed by atoms with van der Waals surface area (Å²) in [5, 5.41) is 9.18. The van der Waals surface area contributed by atoms with Crippen LogP contribution in [-0.2, 0) is 13.0 Å². The maximum absolute atomic E-state index is 9.18. The molecule has 0 saturated carbocycles. The zero-order valence-corrected chi connectivity index (χ0v) is 11.4. The fraction of sp³-hybridized carbons (Fsp3) is 0.692. The molecule has 0 amide bonds. The molecule has 1 atom stereocenters. The second-order valence-electron chi connectivity index (χ2n) is 5.18. The fourth-order valence-corrected chi connectivity index (χ4v) is 2.40. The minimum absolute atomic E-state index is 0.0171. The molecule has 0 aromatic carbocycles. The predicted octanol–water partition coefficient (Wildman–Crippen LogP) is 0.0656. The van der Waals surface area contributed by atoms with E-state index in [4.69, 9.17) is 0 Å². The molecule has 1 fully saturated rings. The Morgan fingerprint density at radius 3 is 2.83 bits per heavy atom. The van der Waals surface area contributed by atoms with Gasteiger partial charge in [0.1, 0.15) is 5.82 Å². The van der Waals surface area contributed by atoms with Crippen molar-refractivity contribution in [2.75, 3.05) is 33.7 Å². The average Bonchev–Trinajstić information content (AvgIpc) is 2.33. The van der Waals surface area contributed by atoms with Crippen LogP contribution < -0.4 is 0 Å². The monoisotopic (exact) mass is 250 g/mol. The van der Waals surface area contributed by atoms with Crippen molar-refractivity contribution in [3.8, 4) is 0 Å². The van der Waals surface area contributed by atoms with E-state index in [1.807, 2.05) is 13.0 Å². The minimum Gasteiger partial charge on any atom is -0.390 e. The number of nitrogens with zero attached hydrogens (tertiary/aromatic N) is 4. The average molecular weight is 250 g/mol. The first-order valence-corrected chi connectivity index (χ1v) is 6.41. The number of hydrogen-bond acceptors (Lipinski definition) is 5.